The summed E-state index contributed by atoms with van der Waals surface area (Å²) in [6.07, 6.45) is 2.09. The molecule has 2 aromatic rings. The van der Waals surface area contributed by atoms with Crippen LogP contribution in [-0.4, -0.2) is 18.5 Å². The summed E-state index contributed by atoms with van der Waals surface area (Å²) in [4.78, 5) is 12.6. The molecule has 1 aliphatic rings. The smallest absolute Gasteiger partial charge is 0.144 e. The molecule has 1 atom stereocenters. The zero-order valence-corrected chi connectivity index (χ0v) is 13.0. The van der Waals surface area contributed by atoms with E-state index in [9.17, 15) is 4.79 Å². The van der Waals surface area contributed by atoms with Crippen LogP contribution in [0.3, 0.4) is 0 Å². The summed E-state index contributed by atoms with van der Waals surface area (Å²) in [6, 6.07) is 20.5. The predicted molar refractivity (Wildman–Crippen MR) is 87.8 cm³/mol. The number of hydrogen-bond acceptors (Lipinski definition) is 2. The number of ether oxygens (including phenoxy) is 1. The van der Waals surface area contributed by atoms with Crippen molar-refractivity contribution in [2.45, 2.75) is 32.3 Å². The molecule has 0 heterocycles. The van der Waals surface area contributed by atoms with Gasteiger partial charge in [-0.15, -0.1) is 0 Å². The van der Waals surface area contributed by atoms with Crippen LogP contribution in [0.25, 0.3) is 0 Å². The van der Waals surface area contributed by atoms with Crippen LogP contribution in [0.2, 0.25) is 0 Å². The first-order chi connectivity index (χ1) is 10.7. The molecule has 0 saturated heterocycles. The quantitative estimate of drug-likeness (QED) is 0.809. The van der Waals surface area contributed by atoms with Crippen LogP contribution in [0.15, 0.2) is 60.7 Å². The molecule has 0 bridgehead atoms. The Kier molecular flexibility index (Phi) is 4.39. The van der Waals surface area contributed by atoms with Crippen LogP contribution in [0.4, 0.5) is 0 Å². The van der Waals surface area contributed by atoms with Gasteiger partial charge in [-0.3, -0.25) is 4.79 Å². The first kappa shape index (κ1) is 15.0. The average molecular weight is 294 g/mol. The second-order valence-electron chi connectivity index (χ2n) is 6.05. The molecule has 0 aliphatic heterocycles. The molecule has 0 aromatic heterocycles. The molecule has 0 N–H and O–H groups in total. The van der Waals surface area contributed by atoms with Gasteiger partial charge in [0, 0.05) is 13.0 Å². The highest BCUT2D eigenvalue weighted by molar-refractivity contribution is 5.93. The molecule has 1 aliphatic carbocycles. The number of rotatable bonds is 6. The highest BCUT2D eigenvalue weighted by Crippen LogP contribution is 2.45. The maximum atomic E-state index is 12.6. The SMILES string of the molecule is CCOC1CC(=O)C1(Cc1ccccc1)Cc1ccccc1. The van der Waals surface area contributed by atoms with E-state index in [1.165, 1.54) is 11.1 Å². The minimum atomic E-state index is -0.404. The molecule has 0 radical (unpaired) electrons. The summed E-state index contributed by atoms with van der Waals surface area (Å²) in [6.45, 7) is 2.65. The van der Waals surface area contributed by atoms with Gasteiger partial charge in [0.15, 0.2) is 0 Å². The van der Waals surface area contributed by atoms with Crippen molar-refractivity contribution in [2.24, 2.45) is 5.41 Å². The van der Waals surface area contributed by atoms with Gasteiger partial charge in [-0.1, -0.05) is 60.7 Å². The van der Waals surface area contributed by atoms with E-state index in [4.69, 9.17) is 4.74 Å². The van der Waals surface area contributed by atoms with Gasteiger partial charge in [-0.05, 0) is 30.9 Å². The van der Waals surface area contributed by atoms with Crippen LogP contribution in [0.5, 0.6) is 0 Å². The molecule has 2 heteroatoms. The molecular weight excluding hydrogens is 272 g/mol. The van der Waals surface area contributed by atoms with Crippen molar-refractivity contribution in [1.29, 1.82) is 0 Å². The Hall–Kier alpha value is -1.93. The first-order valence-corrected chi connectivity index (χ1v) is 7.97. The Balaban J connectivity index is 1.89. The lowest BCUT2D eigenvalue weighted by Gasteiger charge is -2.47. The maximum Gasteiger partial charge on any atom is 0.144 e. The Morgan fingerprint density at radius 2 is 1.45 bits per heavy atom. The van der Waals surface area contributed by atoms with Crippen LogP contribution in [0.1, 0.15) is 24.5 Å². The number of carbonyl (C=O) groups is 1. The van der Waals surface area contributed by atoms with Crippen LogP contribution >= 0.6 is 0 Å². The molecular formula is C20H22O2. The third-order valence-electron chi connectivity index (χ3n) is 4.64. The van der Waals surface area contributed by atoms with Crippen LogP contribution in [-0.2, 0) is 22.4 Å². The van der Waals surface area contributed by atoms with Crippen molar-refractivity contribution < 1.29 is 9.53 Å². The summed E-state index contributed by atoms with van der Waals surface area (Å²) in [5, 5.41) is 0. The summed E-state index contributed by atoms with van der Waals surface area (Å²) in [7, 11) is 0. The van der Waals surface area contributed by atoms with Gasteiger partial charge in [0.1, 0.15) is 5.78 Å². The molecule has 0 spiro atoms. The topological polar surface area (TPSA) is 26.3 Å². The largest absolute Gasteiger partial charge is 0.377 e. The fraction of sp³-hybridized carbons (Fsp3) is 0.350. The van der Waals surface area contributed by atoms with E-state index in [0.717, 1.165) is 12.8 Å². The number of carbonyl (C=O) groups excluding carboxylic acids is 1. The highest BCUT2D eigenvalue weighted by atomic mass is 16.5. The lowest BCUT2D eigenvalue weighted by Crippen LogP contribution is -2.58. The van der Waals surface area contributed by atoms with Gasteiger partial charge in [0.05, 0.1) is 11.5 Å². The van der Waals surface area contributed by atoms with Crippen molar-refractivity contribution in [3.8, 4) is 0 Å². The molecule has 1 saturated carbocycles. The van der Waals surface area contributed by atoms with Gasteiger partial charge in [0.2, 0.25) is 0 Å². The lowest BCUT2D eigenvalue weighted by molar-refractivity contribution is -0.163. The van der Waals surface area contributed by atoms with Gasteiger partial charge in [-0.25, -0.2) is 0 Å². The molecule has 2 aromatic carbocycles. The van der Waals surface area contributed by atoms with Crippen molar-refractivity contribution >= 4 is 5.78 Å². The molecule has 0 amide bonds. The minimum absolute atomic E-state index is 0.0328. The number of hydrogen-bond donors (Lipinski definition) is 0. The van der Waals surface area contributed by atoms with Gasteiger partial charge >= 0.3 is 0 Å². The number of ketones is 1. The molecule has 1 unspecified atom stereocenters. The Labute approximate surface area is 132 Å². The van der Waals surface area contributed by atoms with Crippen molar-refractivity contribution in [2.75, 3.05) is 6.61 Å². The van der Waals surface area contributed by atoms with E-state index < -0.39 is 5.41 Å². The molecule has 114 valence electrons. The van der Waals surface area contributed by atoms with E-state index >= 15 is 0 Å². The summed E-state index contributed by atoms with van der Waals surface area (Å²) >= 11 is 0. The van der Waals surface area contributed by atoms with Gasteiger partial charge in [-0.2, -0.15) is 0 Å². The second-order valence-corrected chi connectivity index (χ2v) is 6.05. The highest BCUT2D eigenvalue weighted by Gasteiger charge is 2.55. The standard InChI is InChI=1S/C20H22O2/c1-2-22-19-13-18(21)20(19,14-16-9-5-3-6-10-16)15-17-11-7-4-8-12-17/h3-12,19H,2,13-15H2,1H3. The van der Waals surface area contributed by atoms with Crippen molar-refractivity contribution in [1.82, 2.24) is 0 Å². The minimum Gasteiger partial charge on any atom is -0.377 e. The molecule has 3 rings (SSSR count). The summed E-state index contributed by atoms with van der Waals surface area (Å²) in [5.41, 5.74) is 2.01. The first-order valence-electron chi connectivity index (χ1n) is 7.97. The third kappa shape index (κ3) is 2.84. The third-order valence-corrected chi connectivity index (χ3v) is 4.64. The Bertz CT molecular complexity index is 577. The molecule has 22 heavy (non-hydrogen) atoms. The Morgan fingerprint density at radius 1 is 0.955 bits per heavy atom. The lowest BCUT2D eigenvalue weighted by atomic mass is 9.59. The zero-order valence-electron chi connectivity index (χ0n) is 13.0. The van der Waals surface area contributed by atoms with E-state index in [0.29, 0.717) is 18.8 Å². The van der Waals surface area contributed by atoms with Crippen LogP contribution in [0, 0.1) is 5.41 Å². The summed E-state index contributed by atoms with van der Waals surface area (Å²) < 4.78 is 5.89. The molecule has 1 fully saturated rings. The predicted octanol–water partition coefficient (Wildman–Crippen LogP) is 3.84. The maximum absolute atomic E-state index is 12.6. The van der Waals surface area contributed by atoms with Crippen molar-refractivity contribution in [3.05, 3.63) is 71.8 Å². The number of benzene rings is 2. The fourth-order valence-corrected chi connectivity index (χ4v) is 3.44. The second kappa shape index (κ2) is 6.45. The van der Waals surface area contributed by atoms with Crippen molar-refractivity contribution in [3.63, 3.8) is 0 Å². The van der Waals surface area contributed by atoms with E-state index in [1.807, 2.05) is 43.3 Å². The Morgan fingerprint density at radius 3 is 1.86 bits per heavy atom. The number of Topliss-reactive ketones (excluding diaryl/α,β-unsaturated/α-hetero) is 1. The van der Waals surface area contributed by atoms with E-state index in [-0.39, 0.29) is 6.10 Å². The van der Waals surface area contributed by atoms with Crippen LogP contribution < -0.4 is 0 Å². The fourth-order valence-electron chi connectivity index (χ4n) is 3.44. The monoisotopic (exact) mass is 294 g/mol. The van der Waals surface area contributed by atoms with E-state index in [2.05, 4.69) is 24.3 Å². The van der Waals surface area contributed by atoms with E-state index in [1.54, 1.807) is 0 Å². The summed E-state index contributed by atoms with van der Waals surface area (Å²) in [5.74, 6) is 0.332. The average Bonchev–Trinajstić information content (AvgIpc) is 2.56. The molecule has 2 nitrogen and oxygen atoms in total. The van der Waals surface area contributed by atoms with Gasteiger partial charge in [0.25, 0.3) is 0 Å². The zero-order chi connectivity index (χ0) is 15.4. The normalized spacial score (nSPS) is 19.7. The van der Waals surface area contributed by atoms with Gasteiger partial charge < -0.3 is 4.74 Å².